The Morgan fingerprint density at radius 2 is 2.36 bits per heavy atom. The highest BCUT2D eigenvalue weighted by Gasteiger charge is 2.02. The summed E-state index contributed by atoms with van der Waals surface area (Å²) in [4.78, 5) is 11.4. The molecule has 0 aliphatic carbocycles. The zero-order valence-electron chi connectivity index (χ0n) is 8.45. The van der Waals surface area contributed by atoms with Gasteiger partial charge < -0.3 is 0 Å². The minimum atomic E-state index is -0.168. The summed E-state index contributed by atoms with van der Waals surface area (Å²) in [5, 5.41) is 3.77. The number of carbonyl (C=O) groups excluding carboxylic acids is 1. The van der Waals surface area contributed by atoms with Crippen LogP contribution in [0.15, 0.2) is 29.4 Å². The Labute approximate surface area is 83.8 Å². The van der Waals surface area contributed by atoms with Gasteiger partial charge in [-0.2, -0.15) is 5.10 Å². The van der Waals surface area contributed by atoms with Gasteiger partial charge in [-0.05, 0) is 25.5 Å². The molecule has 0 spiro atoms. The van der Waals surface area contributed by atoms with Crippen molar-refractivity contribution >= 4 is 12.1 Å². The van der Waals surface area contributed by atoms with Gasteiger partial charge >= 0.3 is 0 Å². The Bertz CT molecular complexity index is 345. The van der Waals surface area contributed by atoms with Gasteiger partial charge in [0.2, 0.25) is 0 Å². The van der Waals surface area contributed by atoms with Crippen LogP contribution in [0.3, 0.4) is 0 Å². The Hall–Kier alpha value is -1.64. The van der Waals surface area contributed by atoms with Gasteiger partial charge in [0.15, 0.2) is 0 Å². The Balaban J connectivity index is 2.65. The van der Waals surface area contributed by atoms with Crippen molar-refractivity contribution in [2.45, 2.75) is 20.3 Å². The summed E-state index contributed by atoms with van der Waals surface area (Å²) in [6, 6.07) is 7.40. The number of hydrazone groups is 1. The molecule has 3 nitrogen and oxygen atoms in total. The number of rotatable bonds is 3. The first-order valence-electron chi connectivity index (χ1n) is 4.62. The van der Waals surface area contributed by atoms with Gasteiger partial charge in [-0.3, -0.25) is 4.79 Å². The van der Waals surface area contributed by atoms with Gasteiger partial charge in [0.1, 0.15) is 0 Å². The van der Waals surface area contributed by atoms with Gasteiger partial charge in [0.05, 0.1) is 0 Å². The maximum Gasteiger partial charge on any atom is 0.271 e. The van der Waals surface area contributed by atoms with Gasteiger partial charge in [-0.25, -0.2) is 5.43 Å². The molecule has 0 aromatic heterocycles. The molecule has 0 heterocycles. The highest BCUT2D eigenvalue weighted by Crippen LogP contribution is 2.03. The lowest BCUT2D eigenvalue weighted by Gasteiger charge is -2.00. The van der Waals surface area contributed by atoms with Crippen molar-refractivity contribution in [1.29, 1.82) is 0 Å². The van der Waals surface area contributed by atoms with Crippen LogP contribution in [-0.4, -0.2) is 12.1 Å². The second-order valence-electron chi connectivity index (χ2n) is 3.03. The predicted molar refractivity (Wildman–Crippen MR) is 57.4 cm³/mol. The lowest BCUT2D eigenvalue weighted by Crippen LogP contribution is -2.17. The number of amides is 1. The highest BCUT2D eigenvalue weighted by atomic mass is 16.2. The fraction of sp³-hybridized carbons (Fsp3) is 0.273. The molecule has 0 saturated carbocycles. The van der Waals surface area contributed by atoms with E-state index in [1.165, 1.54) is 0 Å². The lowest BCUT2D eigenvalue weighted by atomic mass is 10.1. The van der Waals surface area contributed by atoms with Crippen LogP contribution < -0.4 is 5.43 Å². The first kappa shape index (κ1) is 10.4. The van der Waals surface area contributed by atoms with E-state index in [-0.39, 0.29) is 5.91 Å². The standard InChI is InChI=1S/C11H14N2O/c1-3-7-12-13-11(14)10-6-4-5-9(2)8-10/h4-8H,3H2,1-2H3,(H,13,14). The van der Waals surface area contributed by atoms with E-state index in [0.29, 0.717) is 5.56 Å². The molecule has 0 atom stereocenters. The number of hydrogen-bond donors (Lipinski definition) is 1. The number of hydrogen-bond acceptors (Lipinski definition) is 2. The molecule has 0 saturated heterocycles. The van der Waals surface area contributed by atoms with Crippen LogP contribution in [0.1, 0.15) is 29.3 Å². The molecule has 0 fully saturated rings. The first-order valence-corrected chi connectivity index (χ1v) is 4.62. The van der Waals surface area contributed by atoms with E-state index >= 15 is 0 Å². The summed E-state index contributed by atoms with van der Waals surface area (Å²) >= 11 is 0. The summed E-state index contributed by atoms with van der Waals surface area (Å²) in [5.41, 5.74) is 4.16. The first-order chi connectivity index (χ1) is 6.74. The second kappa shape index (κ2) is 5.17. The van der Waals surface area contributed by atoms with E-state index < -0.39 is 0 Å². The van der Waals surface area contributed by atoms with Crippen LogP contribution in [0.4, 0.5) is 0 Å². The average Bonchev–Trinajstić information content (AvgIpc) is 2.18. The monoisotopic (exact) mass is 190 g/mol. The van der Waals surface area contributed by atoms with E-state index in [2.05, 4.69) is 10.5 Å². The average molecular weight is 190 g/mol. The summed E-state index contributed by atoms with van der Waals surface area (Å²) in [7, 11) is 0. The zero-order chi connectivity index (χ0) is 10.4. The van der Waals surface area contributed by atoms with E-state index in [4.69, 9.17) is 0 Å². The maximum atomic E-state index is 11.4. The van der Waals surface area contributed by atoms with Gasteiger partial charge in [-0.15, -0.1) is 0 Å². The molecule has 3 heteroatoms. The Kier molecular flexibility index (Phi) is 3.85. The number of carbonyl (C=O) groups is 1. The van der Waals surface area contributed by atoms with Crippen molar-refractivity contribution in [2.75, 3.05) is 0 Å². The molecule has 0 radical (unpaired) electrons. The van der Waals surface area contributed by atoms with Crippen LogP contribution in [-0.2, 0) is 0 Å². The number of nitrogens with zero attached hydrogens (tertiary/aromatic N) is 1. The number of benzene rings is 1. The van der Waals surface area contributed by atoms with Crippen LogP contribution in [0.5, 0.6) is 0 Å². The Morgan fingerprint density at radius 3 is 3.00 bits per heavy atom. The quantitative estimate of drug-likeness (QED) is 0.575. The summed E-state index contributed by atoms with van der Waals surface area (Å²) in [5.74, 6) is -0.168. The van der Waals surface area contributed by atoms with Crippen molar-refractivity contribution in [2.24, 2.45) is 5.10 Å². The lowest BCUT2D eigenvalue weighted by molar-refractivity contribution is 0.0955. The largest absolute Gasteiger partial charge is 0.271 e. The minimum Gasteiger partial charge on any atom is -0.267 e. The second-order valence-corrected chi connectivity index (χ2v) is 3.03. The third-order valence-electron chi connectivity index (χ3n) is 1.72. The van der Waals surface area contributed by atoms with Crippen molar-refractivity contribution < 1.29 is 4.79 Å². The molecular weight excluding hydrogens is 176 g/mol. The number of aryl methyl sites for hydroxylation is 1. The molecule has 0 aliphatic rings. The highest BCUT2D eigenvalue weighted by molar-refractivity contribution is 5.94. The van der Waals surface area contributed by atoms with Gasteiger partial charge in [0.25, 0.3) is 5.91 Å². The maximum absolute atomic E-state index is 11.4. The van der Waals surface area contributed by atoms with E-state index in [1.807, 2.05) is 32.0 Å². The molecular formula is C11H14N2O. The molecule has 0 aliphatic heterocycles. The molecule has 1 aromatic rings. The zero-order valence-corrected chi connectivity index (χ0v) is 8.45. The minimum absolute atomic E-state index is 0.168. The van der Waals surface area contributed by atoms with Crippen LogP contribution in [0, 0.1) is 6.92 Å². The molecule has 1 amide bonds. The SMILES string of the molecule is CCC=NNC(=O)c1cccc(C)c1. The fourth-order valence-electron chi connectivity index (χ4n) is 1.05. The predicted octanol–water partition coefficient (Wildman–Crippen LogP) is 2.12. The molecule has 0 unspecified atom stereocenters. The summed E-state index contributed by atoms with van der Waals surface area (Å²) in [6.07, 6.45) is 2.47. The van der Waals surface area contributed by atoms with E-state index in [9.17, 15) is 4.79 Å². The molecule has 74 valence electrons. The summed E-state index contributed by atoms with van der Waals surface area (Å²) < 4.78 is 0. The van der Waals surface area contributed by atoms with Crippen molar-refractivity contribution in [3.63, 3.8) is 0 Å². The van der Waals surface area contributed by atoms with Crippen molar-refractivity contribution in [3.05, 3.63) is 35.4 Å². The van der Waals surface area contributed by atoms with Gasteiger partial charge in [0, 0.05) is 11.8 Å². The summed E-state index contributed by atoms with van der Waals surface area (Å²) in [6.45, 7) is 3.91. The number of nitrogens with one attached hydrogen (secondary N) is 1. The van der Waals surface area contributed by atoms with Crippen LogP contribution >= 0.6 is 0 Å². The Morgan fingerprint density at radius 1 is 1.57 bits per heavy atom. The van der Waals surface area contributed by atoms with Crippen molar-refractivity contribution in [3.8, 4) is 0 Å². The van der Waals surface area contributed by atoms with Crippen molar-refractivity contribution in [1.82, 2.24) is 5.43 Å². The molecule has 1 rings (SSSR count). The smallest absolute Gasteiger partial charge is 0.267 e. The van der Waals surface area contributed by atoms with Gasteiger partial charge in [-0.1, -0.05) is 24.6 Å². The van der Waals surface area contributed by atoms with Crippen LogP contribution in [0.2, 0.25) is 0 Å². The van der Waals surface area contributed by atoms with Crippen LogP contribution in [0.25, 0.3) is 0 Å². The molecule has 0 bridgehead atoms. The topological polar surface area (TPSA) is 41.5 Å². The molecule has 1 N–H and O–H groups in total. The normalized spacial score (nSPS) is 10.4. The van der Waals surface area contributed by atoms with E-state index in [1.54, 1.807) is 12.3 Å². The third kappa shape index (κ3) is 3.01. The molecule has 1 aromatic carbocycles. The van der Waals surface area contributed by atoms with E-state index in [0.717, 1.165) is 12.0 Å². The third-order valence-corrected chi connectivity index (χ3v) is 1.72. The molecule has 14 heavy (non-hydrogen) atoms. The fourth-order valence-corrected chi connectivity index (χ4v) is 1.05.